The molecule has 7 nitrogen and oxygen atoms in total. The third kappa shape index (κ3) is 3.74. The van der Waals surface area contributed by atoms with Gasteiger partial charge in [-0.25, -0.2) is 0 Å². The van der Waals surface area contributed by atoms with Crippen LogP contribution in [0.4, 0.5) is 0 Å². The predicted molar refractivity (Wildman–Crippen MR) is 120 cm³/mol. The molecule has 3 heterocycles. The number of ketones is 1. The Hall–Kier alpha value is -3.97. The van der Waals surface area contributed by atoms with E-state index in [2.05, 4.69) is 15.4 Å². The van der Waals surface area contributed by atoms with Crippen LogP contribution in [0.2, 0.25) is 5.02 Å². The van der Waals surface area contributed by atoms with Crippen molar-refractivity contribution < 1.29 is 14.1 Å². The molecule has 0 N–H and O–H groups in total. The van der Waals surface area contributed by atoms with Crippen molar-refractivity contribution in [1.29, 1.82) is 0 Å². The van der Waals surface area contributed by atoms with Crippen LogP contribution in [-0.2, 0) is 6.54 Å². The monoisotopic (exact) mass is 444 g/mol. The molecule has 2 aromatic carbocycles. The Kier molecular flexibility index (Phi) is 5.17. The van der Waals surface area contributed by atoms with Crippen molar-refractivity contribution in [1.82, 2.24) is 19.9 Å². The minimum Gasteiger partial charge on any atom is -0.497 e. The van der Waals surface area contributed by atoms with Crippen molar-refractivity contribution >= 4 is 28.3 Å². The zero-order valence-corrected chi connectivity index (χ0v) is 17.8. The molecule has 0 aliphatic heterocycles. The second kappa shape index (κ2) is 8.28. The topological polar surface area (TPSA) is 83.0 Å². The van der Waals surface area contributed by atoms with Crippen molar-refractivity contribution in [2.75, 3.05) is 7.11 Å². The number of hydrogen-bond acceptors (Lipinski definition) is 6. The van der Waals surface area contributed by atoms with Gasteiger partial charge in [-0.05, 0) is 42.0 Å². The molecule has 0 radical (unpaired) electrons. The summed E-state index contributed by atoms with van der Waals surface area (Å²) in [4.78, 5) is 13.4. The number of fused-ring (bicyclic) bond motifs is 1. The summed E-state index contributed by atoms with van der Waals surface area (Å²) in [6.45, 7) is 0.581. The molecule has 8 heteroatoms. The van der Waals surface area contributed by atoms with Gasteiger partial charge in [-0.1, -0.05) is 28.9 Å². The van der Waals surface area contributed by atoms with Crippen LogP contribution in [0, 0.1) is 0 Å². The summed E-state index contributed by atoms with van der Waals surface area (Å²) in [6.07, 6.45) is 4.95. The fourth-order valence-corrected chi connectivity index (χ4v) is 3.72. The lowest BCUT2D eigenvalue weighted by Gasteiger charge is -2.06. The summed E-state index contributed by atoms with van der Waals surface area (Å²) in [5.41, 5.74) is 3.71. The highest BCUT2D eigenvalue weighted by molar-refractivity contribution is 6.30. The van der Waals surface area contributed by atoms with Crippen molar-refractivity contribution in [3.63, 3.8) is 0 Å². The summed E-state index contributed by atoms with van der Waals surface area (Å²) in [5.74, 6) is 0.543. The van der Waals surface area contributed by atoms with E-state index in [1.165, 1.54) is 0 Å². The summed E-state index contributed by atoms with van der Waals surface area (Å²) in [6, 6.07) is 16.7. The molecule has 0 bridgehead atoms. The van der Waals surface area contributed by atoms with Gasteiger partial charge in [-0.2, -0.15) is 10.2 Å². The molecule has 0 amide bonds. The molecule has 0 saturated carbocycles. The molecule has 32 heavy (non-hydrogen) atoms. The molecule has 158 valence electrons. The van der Waals surface area contributed by atoms with Crippen LogP contribution in [0.5, 0.6) is 5.75 Å². The molecule has 0 aliphatic rings. The van der Waals surface area contributed by atoms with Gasteiger partial charge < -0.3 is 13.8 Å². The van der Waals surface area contributed by atoms with Gasteiger partial charge in [0.05, 0.1) is 25.1 Å². The highest BCUT2D eigenvalue weighted by Gasteiger charge is 2.22. The van der Waals surface area contributed by atoms with Gasteiger partial charge in [0.15, 0.2) is 0 Å². The van der Waals surface area contributed by atoms with Crippen LogP contribution < -0.4 is 4.74 Å². The number of ether oxygens (including phenoxy) is 1. The molecule has 0 atom stereocenters. The lowest BCUT2D eigenvalue weighted by atomic mass is 10.1. The zero-order chi connectivity index (χ0) is 22.1. The summed E-state index contributed by atoms with van der Waals surface area (Å²) in [7, 11) is 1.60. The molecule has 5 aromatic rings. The third-order valence-electron chi connectivity index (χ3n) is 5.21. The van der Waals surface area contributed by atoms with Crippen molar-refractivity contribution in [2.45, 2.75) is 6.54 Å². The fourth-order valence-electron chi connectivity index (χ4n) is 3.59. The van der Waals surface area contributed by atoms with E-state index in [4.69, 9.17) is 20.9 Å². The Morgan fingerprint density at radius 1 is 1.09 bits per heavy atom. The van der Waals surface area contributed by atoms with Gasteiger partial charge in [0, 0.05) is 40.3 Å². The number of nitrogens with zero attached hydrogens (tertiary/aromatic N) is 4. The largest absolute Gasteiger partial charge is 0.497 e. The predicted octanol–water partition coefficient (Wildman–Crippen LogP) is 5.03. The van der Waals surface area contributed by atoms with Crippen LogP contribution in [0.1, 0.15) is 21.7 Å². The molecule has 3 aromatic heterocycles. The number of carbonyl (C=O) groups is 1. The van der Waals surface area contributed by atoms with Crippen molar-refractivity contribution in [3.8, 4) is 17.0 Å². The van der Waals surface area contributed by atoms with Crippen LogP contribution in [0.15, 0.2) is 77.7 Å². The first-order chi connectivity index (χ1) is 15.6. The van der Waals surface area contributed by atoms with Gasteiger partial charge in [-0.15, -0.1) is 0 Å². The minimum absolute atomic E-state index is 0.144. The van der Waals surface area contributed by atoms with Crippen molar-refractivity contribution in [2.24, 2.45) is 0 Å². The van der Waals surface area contributed by atoms with Gasteiger partial charge in [0.2, 0.25) is 11.5 Å². The van der Waals surface area contributed by atoms with Crippen molar-refractivity contribution in [3.05, 3.63) is 95.1 Å². The Balaban J connectivity index is 1.56. The van der Waals surface area contributed by atoms with E-state index in [0.717, 1.165) is 22.0 Å². The number of carbonyl (C=O) groups excluding carboxylic acids is 1. The minimum atomic E-state index is -0.265. The van der Waals surface area contributed by atoms with E-state index >= 15 is 0 Å². The number of rotatable bonds is 6. The smallest absolute Gasteiger partial charge is 0.233 e. The number of benzene rings is 2. The van der Waals surface area contributed by atoms with E-state index in [1.807, 2.05) is 53.2 Å². The standard InChI is InChI=1S/C24H17ClN4O3/c1-31-18-6-7-22-19(10-18)20(14-29(22)13-15-2-4-17(25)5-3-15)24(30)23-11-21(28-32-23)16-8-9-26-27-12-16/h2-12,14H,13H2,1H3. The SMILES string of the molecule is COc1ccc2c(c1)c(C(=O)c1cc(-c3ccnnc3)no1)cn2Cc1ccc(Cl)cc1. The van der Waals surface area contributed by atoms with E-state index < -0.39 is 0 Å². The van der Waals surface area contributed by atoms with Gasteiger partial charge in [0.1, 0.15) is 11.4 Å². The lowest BCUT2D eigenvalue weighted by molar-refractivity contribution is 0.100. The quantitative estimate of drug-likeness (QED) is 0.342. The highest BCUT2D eigenvalue weighted by atomic mass is 35.5. The highest BCUT2D eigenvalue weighted by Crippen LogP contribution is 2.29. The van der Waals surface area contributed by atoms with Gasteiger partial charge >= 0.3 is 0 Å². The first-order valence-corrected chi connectivity index (χ1v) is 10.2. The van der Waals surface area contributed by atoms with Crippen LogP contribution in [-0.4, -0.2) is 32.8 Å². The second-order valence-electron chi connectivity index (χ2n) is 7.22. The van der Waals surface area contributed by atoms with E-state index in [9.17, 15) is 4.79 Å². The second-order valence-corrected chi connectivity index (χ2v) is 7.65. The Bertz CT molecular complexity index is 1410. The maximum Gasteiger partial charge on any atom is 0.233 e. The number of halogens is 1. The fraction of sp³-hybridized carbons (Fsp3) is 0.0833. The molecule has 0 spiro atoms. The number of aromatic nitrogens is 4. The maximum atomic E-state index is 13.4. The average Bonchev–Trinajstić information content (AvgIpc) is 3.46. The normalized spacial score (nSPS) is 11.1. The van der Waals surface area contributed by atoms with Crippen LogP contribution in [0.3, 0.4) is 0 Å². The Labute approximate surface area is 188 Å². The van der Waals surface area contributed by atoms with Crippen LogP contribution in [0.25, 0.3) is 22.2 Å². The van der Waals surface area contributed by atoms with E-state index in [-0.39, 0.29) is 11.5 Å². The summed E-state index contributed by atoms with van der Waals surface area (Å²) in [5, 5.41) is 13.1. The van der Waals surface area contributed by atoms with Gasteiger partial charge in [0.25, 0.3) is 0 Å². The van der Waals surface area contributed by atoms with E-state index in [0.29, 0.717) is 28.6 Å². The van der Waals surface area contributed by atoms with Gasteiger partial charge in [-0.3, -0.25) is 4.79 Å². The summed E-state index contributed by atoms with van der Waals surface area (Å²) < 4.78 is 12.8. The molecular formula is C24H17ClN4O3. The zero-order valence-electron chi connectivity index (χ0n) is 17.0. The third-order valence-corrected chi connectivity index (χ3v) is 5.46. The van der Waals surface area contributed by atoms with Crippen LogP contribution >= 0.6 is 11.6 Å². The molecule has 0 unspecified atom stereocenters. The lowest BCUT2D eigenvalue weighted by Crippen LogP contribution is -2.00. The molecule has 0 fully saturated rings. The average molecular weight is 445 g/mol. The number of hydrogen-bond donors (Lipinski definition) is 0. The molecule has 0 aliphatic carbocycles. The Morgan fingerprint density at radius 3 is 2.69 bits per heavy atom. The molecule has 0 saturated heterocycles. The van der Waals surface area contributed by atoms with E-state index in [1.54, 1.807) is 31.6 Å². The maximum absolute atomic E-state index is 13.4. The first-order valence-electron chi connectivity index (χ1n) is 9.82. The molecular weight excluding hydrogens is 428 g/mol. The first kappa shape index (κ1) is 20.0. The Morgan fingerprint density at radius 2 is 1.94 bits per heavy atom. The molecule has 5 rings (SSSR count). The summed E-state index contributed by atoms with van der Waals surface area (Å²) >= 11 is 6.01. The number of methoxy groups -OCH3 is 1.